The molecule has 0 bridgehead atoms. The van der Waals surface area contributed by atoms with Gasteiger partial charge in [0.2, 0.25) is 5.91 Å². The zero-order valence-corrected chi connectivity index (χ0v) is 17.5. The van der Waals surface area contributed by atoms with Crippen LogP contribution in [0, 0.1) is 37.8 Å². The average molecular weight is 404 g/mol. The molecule has 0 aliphatic carbocycles. The number of carbonyl (C=O) groups excluding carboxylic acids is 1. The van der Waals surface area contributed by atoms with Crippen molar-refractivity contribution in [2.75, 3.05) is 5.32 Å². The maximum Gasteiger partial charge on any atom is 0.271 e. The van der Waals surface area contributed by atoms with E-state index in [1.807, 2.05) is 18.5 Å². The second kappa shape index (κ2) is 8.73. The number of carbonyl (C=O) groups is 1. The number of benzene rings is 2. The monoisotopic (exact) mass is 404 g/mol. The minimum Gasteiger partial charge on any atom is -0.322 e. The Kier molecular flexibility index (Phi) is 6.11. The van der Waals surface area contributed by atoms with Gasteiger partial charge in [0.1, 0.15) is 0 Å². The summed E-state index contributed by atoms with van der Waals surface area (Å²) in [6, 6.07) is 12.7. The van der Waals surface area contributed by atoms with Crippen LogP contribution in [-0.4, -0.2) is 20.6 Å². The van der Waals surface area contributed by atoms with Crippen LogP contribution >= 0.6 is 0 Å². The zero-order valence-electron chi connectivity index (χ0n) is 17.5. The van der Waals surface area contributed by atoms with Crippen molar-refractivity contribution in [3.63, 3.8) is 0 Å². The highest BCUT2D eigenvalue weighted by atomic mass is 16.6. The summed E-state index contributed by atoms with van der Waals surface area (Å²) >= 11 is 0. The molecule has 3 aromatic rings. The van der Waals surface area contributed by atoms with Crippen LogP contribution in [0.2, 0.25) is 0 Å². The third-order valence-electron chi connectivity index (χ3n) is 4.98. The first kappa shape index (κ1) is 21.0. The minimum absolute atomic E-state index is 0.0658. The van der Waals surface area contributed by atoms with Crippen LogP contribution < -0.4 is 5.32 Å². The number of rotatable bonds is 6. The van der Waals surface area contributed by atoms with E-state index in [1.54, 1.807) is 19.1 Å². The van der Waals surface area contributed by atoms with Gasteiger partial charge in [0.25, 0.3) is 5.69 Å². The lowest BCUT2D eigenvalue weighted by molar-refractivity contribution is -0.384. The van der Waals surface area contributed by atoms with Crippen LogP contribution in [0.25, 0.3) is 6.08 Å². The number of hydrogen-bond acceptors (Lipinski definition) is 4. The van der Waals surface area contributed by atoms with Crippen molar-refractivity contribution in [1.29, 1.82) is 0 Å². The van der Waals surface area contributed by atoms with Crippen LogP contribution in [0.4, 0.5) is 11.4 Å². The first-order valence-electron chi connectivity index (χ1n) is 9.58. The predicted octanol–water partition coefficient (Wildman–Crippen LogP) is 4.73. The number of amides is 1. The van der Waals surface area contributed by atoms with Gasteiger partial charge in [-0.25, -0.2) is 0 Å². The van der Waals surface area contributed by atoms with E-state index in [4.69, 9.17) is 0 Å². The van der Waals surface area contributed by atoms with Gasteiger partial charge in [-0.3, -0.25) is 19.6 Å². The fourth-order valence-electron chi connectivity index (χ4n) is 3.16. The molecule has 1 amide bonds. The maximum atomic E-state index is 12.4. The predicted molar refractivity (Wildman–Crippen MR) is 117 cm³/mol. The third-order valence-corrected chi connectivity index (χ3v) is 4.98. The molecule has 0 aliphatic heterocycles. The van der Waals surface area contributed by atoms with E-state index >= 15 is 0 Å². The number of nitrogens with one attached hydrogen (secondary N) is 1. The molecule has 0 saturated heterocycles. The summed E-state index contributed by atoms with van der Waals surface area (Å²) in [7, 11) is 0. The Bertz CT molecular complexity index is 1130. The highest BCUT2D eigenvalue weighted by molar-refractivity contribution is 6.02. The van der Waals surface area contributed by atoms with E-state index in [2.05, 4.69) is 41.6 Å². The quantitative estimate of drug-likeness (QED) is 0.365. The van der Waals surface area contributed by atoms with Crippen LogP contribution in [-0.2, 0) is 11.3 Å². The summed E-state index contributed by atoms with van der Waals surface area (Å²) < 4.78 is 1.92. The molecule has 154 valence electrons. The highest BCUT2D eigenvalue weighted by Crippen LogP contribution is 2.22. The number of nitro groups is 1. The van der Waals surface area contributed by atoms with E-state index in [-0.39, 0.29) is 11.6 Å². The molecule has 0 aliphatic rings. The van der Waals surface area contributed by atoms with Gasteiger partial charge in [-0.2, -0.15) is 5.10 Å². The molecule has 3 rings (SSSR count). The summed E-state index contributed by atoms with van der Waals surface area (Å²) in [5.74, 6) is -0.358. The second-order valence-electron chi connectivity index (χ2n) is 7.31. The first-order chi connectivity index (χ1) is 14.2. The molecule has 1 heterocycles. The van der Waals surface area contributed by atoms with Gasteiger partial charge < -0.3 is 5.32 Å². The second-order valence-corrected chi connectivity index (χ2v) is 7.31. The Hall–Kier alpha value is -3.74. The molecule has 2 aromatic carbocycles. The Morgan fingerprint density at radius 3 is 2.50 bits per heavy atom. The van der Waals surface area contributed by atoms with Crippen molar-refractivity contribution in [2.24, 2.45) is 0 Å². The number of nitrogens with zero attached hydrogens (tertiary/aromatic N) is 3. The van der Waals surface area contributed by atoms with E-state index in [0.29, 0.717) is 12.2 Å². The molecule has 0 saturated carbocycles. The molecule has 0 fully saturated rings. The Morgan fingerprint density at radius 2 is 1.83 bits per heavy atom. The fraction of sp³-hybridized carbons (Fsp3) is 0.217. The fourth-order valence-corrected chi connectivity index (χ4v) is 3.16. The zero-order chi connectivity index (χ0) is 21.8. The lowest BCUT2D eigenvalue weighted by atomic mass is 10.1. The number of nitro benzene ring substituents is 1. The number of hydrogen-bond donors (Lipinski definition) is 1. The van der Waals surface area contributed by atoms with Crippen LogP contribution in [0.5, 0.6) is 0 Å². The van der Waals surface area contributed by atoms with Gasteiger partial charge in [0.15, 0.2) is 0 Å². The number of anilines is 1. The van der Waals surface area contributed by atoms with Crippen molar-refractivity contribution >= 4 is 23.4 Å². The summed E-state index contributed by atoms with van der Waals surface area (Å²) in [5, 5.41) is 18.3. The van der Waals surface area contributed by atoms with E-state index in [0.717, 1.165) is 28.1 Å². The molecule has 7 heteroatoms. The SMILES string of the molecule is Cc1ccc(Cn2nc(C)c(/C=C/C(=O)Nc3cc([N+](=O)[O-])ccc3C)c2C)cc1. The van der Waals surface area contributed by atoms with E-state index in [1.165, 1.54) is 23.8 Å². The van der Waals surface area contributed by atoms with Crippen LogP contribution in [0.15, 0.2) is 48.5 Å². The van der Waals surface area contributed by atoms with E-state index in [9.17, 15) is 14.9 Å². The molecule has 1 aromatic heterocycles. The van der Waals surface area contributed by atoms with Crippen LogP contribution in [0.1, 0.15) is 33.6 Å². The van der Waals surface area contributed by atoms with Gasteiger partial charge >= 0.3 is 0 Å². The lowest BCUT2D eigenvalue weighted by Crippen LogP contribution is -2.09. The Labute approximate surface area is 175 Å². The number of aromatic nitrogens is 2. The maximum absolute atomic E-state index is 12.4. The molecule has 0 radical (unpaired) electrons. The van der Waals surface area contributed by atoms with Crippen molar-refractivity contribution in [2.45, 2.75) is 34.2 Å². The summed E-state index contributed by atoms with van der Waals surface area (Å²) in [6.07, 6.45) is 3.15. The molecule has 0 atom stereocenters. The largest absolute Gasteiger partial charge is 0.322 e. The van der Waals surface area contributed by atoms with Crippen molar-refractivity contribution in [3.8, 4) is 0 Å². The Morgan fingerprint density at radius 1 is 1.13 bits per heavy atom. The molecule has 30 heavy (non-hydrogen) atoms. The molecule has 7 nitrogen and oxygen atoms in total. The third kappa shape index (κ3) is 4.81. The summed E-state index contributed by atoms with van der Waals surface area (Å²) in [5.41, 5.74) is 6.14. The van der Waals surface area contributed by atoms with Crippen molar-refractivity contribution in [1.82, 2.24) is 9.78 Å². The van der Waals surface area contributed by atoms with Crippen molar-refractivity contribution in [3.05, 3.63) is 92.3 Å². The summed E-state index contributed by atoms with van der Waals surface area (Å²) in [6.45, 7) is 8.36. The average Bonchev–Trinajstić information content (AvgIpc) is 2.96. The standard InChI is InChI=1S/C23H24N4O3/c1-15-5-8-19(9-6-15)14-26-18(4)21(17(3)25-26)11-12-23(28)24-22-13-20(27(29)30)10-7-16(22)2/h5-13H,14H2,1-4H3,(H,24,28)/b12-11+. The highest BCUT2D eigenvalue weighted by Gasteiger charge is 2.12. The number of aryl methyl sites for hydroxylation is 3. The van der Waals surface area contributed by atoms with Gasteiger partial charge in [-0.05, 0) is 44.9 Å². The summed E-state index contributed by atoms with van der Waals surface area (Å²) in [4.78, 5) is 22.8. The van der Waals surface area contributed by atoms with Crippen molar-refractivity contribution < 1.29 is 9.72 Å². The minimum atomic E-state index is -0.486. The lowest BCUT2D eigenvalue weighted by Gasteiger charge is -2.06. The molecule has 0 unspecified atom stereocenters. The smallest absolute Gasteiger partial charge is 0.271 e. The van der Waals surface area contributed by atoms with E-state index < -0.39 is 4.92 Å². The van der Waals surface area contributed by atoms with Crippen LogP contribution in [0.3, 0.4) is 0 Å². The molecule has 1 N–H and O–H groups in total. The molecule has 0 spiro atoms. The number of non-ortho nitro benzene ring substituents is 1. The van der Waals surface area contributed by atoms with Gasteiger partial charge in [-0.15, -0.1) is 0 Å². The van der Waals surface area contributed by atoms with Gasteiger partial charge in [-0.1, -0.05) is 35.9 Å². The normalized spacial score (nSPS) is 11.1. The van der Waals surface area contributed by atoms with Gasteiger partial charge in [0.05, 0.1) is 22.8 Å². The van der Waals surface area contributed by atoms with Gasteiger partial charge in [0, 0.05) is 29.5 Å². The topological polar surface area (TPSA) is 90.1 Å². The molecular weight excluding hydrogens is 380 g/mol. The molecular formula is C23H24N4O3. The Balaban J connectivity index is 1.75. The first-order valence-corrected chi connectivity index (χ1v) is 9.58.